The molecule has 9 heteroatoms. The summed E-state index contributed by atoms with van der Waals surface area (Å²) in [6.07, 6.45) is -3.31. The number of nitrogens with zero attached hydrogens (tertiary/aromatic N) is 2. The zero-order valence-corrected chi connectivity index (χ0v) is 11.7. The lowest BCUT2D eigenvalue weighted by molar-refractivity contribution is -0.137. The Labute approximate surface area is 126 Å². The summed E-state index contributed by atoms with van der Waals surface area (Å²) in [6.45, 7) is 0. The molecule has 2 rings (SSSR count). The van der Waals surface area contributed by atoms with Crippen LogP contribution in [0.15, 0.2) is 30.5 Å². The van der Waals surface area contributed by atoms with Gasteiger partial charge in [-0.3, -0.25) is 15.4 Å². The van der Waals surface area contributed by atoms with E-state index in [1.54, 1.807) is 0 Å². The van der Waals surface area contributed by atoms with Crippen molar-refractivity contribution in [2.45, 2.75) is 6.18 Å². The van der Waals surface area contributed by atoms with Crippen LogP contribution in [-0.4, -0.2) is 15.4 Å². The molecule has 1 aromatic heterocycles. The second-order valence-electron chi connectivity index (χ2n) is 3.98. The summed E-state index contributed by atoms with van der Waals surface area (Å²) < 4.78 is 39.1. The zero-order valence-electron chi connectivity index (χ0n) is 10.2. The molecule has 0 fully saturated rings. The molecule has 0 amide bonds. The van der Waals surface area contributed by atoms with Crippen molar-refractivity contribution < 1.29 is 13.2 Å². The number of alkyl halides is 3. The third-order valence-corrected chi connectivity index (χ3v) is 3.21. The van der Waals surface area contributed by atoms with Gasteiger partial charge in [0, 0.05) is 11.8 Å². The van der Waals surface area contributed by atoms with Crippen molar-refractivity contribution in [2.24, 2.45) is 0 Å². The summed E-state index contributed by atoms with van der Waals surface area (Å²) in [6, 6.07) is 3.85. The van der Waals surface area contributed by atoms with Crippen LogP contribution in [0.3, 0.4) is 0 Å². The first-order chi connectivity index (χ1) is 9.71. The standard InChI is InChI=1S/C12H7Cl2F3N4/c13-8-2-1-6(12(15,16)17)5-7(8)10(19)21-9(18)3-4-20-11(21)14/h1-5,18-19H. The van der Waals surface area contributed by atoms with Crippen LogP contribution in [0, 0.1) is 10.8 Å². The van der Waals surface area contributed by atoms with Crippen LogP contribution < -0.4 is 5.49 Å². The fraction of sp³-hybridized carbons (Fsp3) is 0.0833. The fourth-order valence-corrected chi connectivity index (χ4v) is 2.06. The van der Waals surface area contributed by atoms with Crippen LogP contribution in [0.2, 0.25) is 10.3 Å². The largest absolute Gasteiger partial charge is 0.416 e. The molecule has 110 valence electrons. The molecule has 0 bridgehead atoms. The Morgan fingerprint density at radius 1 is 1.19 bits per heavy atom. The van der Waals surface area contributed by atoms with E-state index in [0.29, 0.717) is 0 Å². The highest BCUT2D eigenvalue weighted by molar-refractivity contribution is 6.34. The number of rotatable bonds is 1. The van der Waals surface area contributed by atoms with Crippen LogP contribution in [-0.2, 0) is 6.18 Å². The van der Waals surface area contributed by atoms with E-state index in [9.17, 15) is 13.2 Å². The lowest BCUT2D eigenvalue weighted by atomic mass is 10.1. The van der Waals surface area contributed by atoms with Crippen molar-refractivity contribution in [1.82, 2.24) is 9.55 Å². The van der Waals surface area contributed by atoms with Crippen LogP contribution in [0.4, 0.5) is 13.2 Å². The predicted molar refractivity (Wildman–Crippen MR) is 71.8 cm³/mol. The Morgan fingerprint density at radius 2 is 1.86 bits per heavy atom. The first-order valence-electron chi connectivity index (χ1n) is 5.46. The number of halogens is 5. The van der Waals surface area contributed by atoms with Gasteiger partial charge in [-0.25, -0.2) is 4.98 Å². The monoisotopic (exact) mass is 334 g/mol. The van der Waals surface area contributed by atoms with Gasteiger partial charge in [0.1, 0.15) is 11.3 Å². The van der Waals surface area contributed by atoms with Crippen molar-refractivity contribution in [3.05, 3.63) is 57.4 Å². The Bertz CT molecular complexity index is 768. The number of benzene rings is 1. The Hall–Kier alpha value is -1.86. The molecular formula is C12H7Cl2F3N4. The van der Waals surface area contributed by atoms with Crippen molar-refractivity contribution in [3.63, 3.8) is 0 Å². The molecule has 1 heterocycles. The normalized spacial score (nSPS) is 11.5. The summed E-state index contributed by atoms with van der Waals surface area (Å²) in [7, 11) is 0. The van der Waals surface area contributed by atoms with Crippen molar-refractivity contribution in [2.75, 3.05) is 0 Å². The average molecular weight is 335 g/mol. The maximum atomic E-state index is 12.7. The quantitative estimate of drug-likeness (QED) is 0.467. The van der Waals surface area contributed by atoms with E-state index in [1.807, 2.05) is 0 Å². The van der Waals surface area contributed by atoms with Crippen molar-refractivity contribution in [1.29, 1.82) is 10.8 Å². The predicted octanol–water partition coefficient (Wildman–Crippen LogP) is 3.56. The smallest absolute Gasteiger partial charge is 0.284 e. The van der Waals surface area contributed by atoms with Gasteiger partial charge < -0.3 is 0 Å². The Balaban J connectivity index is 2.62. The van der Waals surface area contributed by atoms with E-state index < -0.39 is 17.6 Å². The fourth-order valence-electron chi connectivity index (χ4n) is 1.62. The lowest BCUT2D eigenvalue weighted by Gasteiger charge is -2.13. The molecule has 0 aliphatic heterocycles. The van der Waals surface area contributed by atoms with E-state index in [-0.39, 0.29) is 21.4 Å². The number of nitrogens with one attached hydrogen (secondary N) is 2. The molecule has 0 radical (unpaired) electrons. The topological polar surface area (TPSA) is 65.5 Å². The second kappa shape index (κ2) is 5.50. The van der Waals surface area contributed by atoms with E-state index >= 15 is 0 Å². The molecule has 0 unspecified atom stereocenters. The van der Waals surface area contributed by atoms with Gasteiger partial charge in [0.05, 0.1) is 10.6 Å². The molecule has 2 aromatic rings. The van der Waals surface area contributed by atoms with Gasteiger partial charge in [-0.1, -0.05) is 11.6 Å². The highest BCUT2D eigenvalue weighted by atomic mass is 35.5. The molecule has 2 N–H and O–H groups in total. The van der Waals surface area contributed by atoms with Crippen LogP contribution in [0.5, 0.6) is 0 Å². The molecule has 0 atom stereocenters. The van der Waals surface area contributed by atoms with E-state index in [2.05, 4.69) is 4.98 Å². The molecule has 4 nitrogen and oxygen atoms in total. The Kier molecular flexibility index (Phi) is 4.06. The van der Waals surface area contributed by atoms with Crippen LogP contribution >= 0.6 is 23.2 Å². The zero-order chi connectivity index (χ0) is 15.8. The van der Waals surface area contributed by atoms with Gasteiger partial charge in [0.25, 0.3) is 0 Å². The highest BCUT2D eigenvalue weighted by Gasteiger charge is 2.31. The maximum absolute atomic E-state index is 12.7. The van der Waals surface area contributed by atoms with Gasteiger partial charge in [0.15, 0.2) is 0 Å². The molecule has 1 aromatic carbocycles. The van der Waals surface area contributed by atoms with Crippen LogP contribution in [0.25, 0.3) is 0 Å². The first-order valence-corrected chi connectivity index (χ1v) is 6.21. The average Bonchev–Trinajstić information content (AvgIpc) is 2.37. The lowest BCUT2D eigenvalue weighted by Crippen LogP contribution is -2.28. The summed E-state index contributed by atoms with van der Waals surface area (Å²) in [5.41, 5.74) is -1.34. The minimum Gasteiger partial charge on any atom is -0.284 e. The molecule has 0 saturated heterocycles. The number of aromatic nitrogens is 2. The summed E-state index contributed by atoms with van der Waals surface area (Å²) in [5, 5.41) is 15.4. The maximum Gasteiger partial charge on any atom is 0.416 e. The van der Waals surface area contributed by atoms with Gasteiger partial charge >= 0.3 is 6.18 Å². The third-order valence-electron chi connectivity index (χ3n) is 2.61. The minimum absolute atomic E-state index is 0.0557. The number of hydrogen-bond acceptors (Lipinski definition) is 3. The third kappa shape index (κ3) is 3.08. The van der Waals surface area contributed by atoms with E-state index in [0.717, 1.165) is 22.8 Å². The van der Waals surface area contributed by atoms with Gasteiger partial charge in [-0.15, -0.1) is 0 Å². The van der Waals surface area contributed by atoms with Crippen LogP contribution in [0.1, 0.15) is 11.1 Å². The second-order valence-corrected chi connectivity index (χ2v) is 4.72. The van der Waals surface area contributed by atoms with Crippen molar-refractivity contribution in [3.8, 4) is 0 Å². The highest BCUT2D eigenvalue weighted by Crippen LogP contribution is 2.32. The first kappa shape index (κ1) is 15.5. The molecular weight excluding hydrogens is 328 g/mol. The molecule has 0 spiro atoms. The Morgan fingerprint density at radius 3 is 2.43 bits per heavy atom. The number of hydrogen-bond donors (Lipinski definition) is 2. The summed E-state index contributed by atoms with van der Waals surface area (Å²) in [4.78, 5) is 3.69. The van der Waals surface area contributed by atoms with Gasteiger partial charge in [-0.2, -0.15) is 13.2 Å². The van der Waals surface area contributed by atoms with Gasteiger partial charge in [-0.05, 0) is 35.9 Å². The summed E-state index contributed by atoms with van der Waals surface area (Å²) in [5.74, 6) is -0.464. The van der Waals surface area contributed by atoms with Gasteiger partial charge in [0.2, 0.25) is 5.28 Å². The molecule has 21 heavy (non-hydrogen) atoms. The van der Waals surface area contributed by atoms with E-state index in [1.165, 1.54) is 12.3 Å². The molecule has 0 aliphatic carbocycles. The minimum atomic E-state index is -4.56. The molecule has 0 aliphatic rings. The SMILES string of the molecule is N=C(c1cc(C(F)(F)F)ccc1Cl)n1c(Cl)nccc1=N. The molecule has 0 saturated carbocycles. The summed E-state index contributed by atoms with van der Waals surface area (Å²) >= 11 is 11.6. The van der Waals surface area contributed by atoms with Crippen molar-refractivity contribution >= 4 is 29.0 Å². The van der Waals surface area contributed by atoms with E-state index in [4.69, 9.17) is 34.0 Å².